The molecule has 0 aliphatic rings. The Labute approximate surface area is 121 Å². The first kappa shape index (κ1) is 14.3. The van der Waals surface area contributed by atoms with Gasteiger partial charge in [0.2, 0.25) is 11.1 Å². The van der Waals surface area contributed by atoms with Crippen LogP contribution in [0.4, 0.5) is 0 Å². The Hall–Kier alpha value is -2.08. The zero-order valence-corrected chi connectivity index (χ0v) is 12.0. The summed E-state index contributed by atoms with van der Waals surface area (Å²) < 4.78 is 0. The van der Waals surface area contributed by atoms with Gasteiger partial charge in [-0.1, -0.05) is 49.0 Å². The molecule has 0 spiro atoms. The Bertz CT molecular complexity index is 580. The predicted octanol–water partition coefficient (Wildman–Crippen LogP) is 2.25. The molecule has 2 rings (SSSR count). The van der Waals surface area contributed by atoms with Crippen LogP contribution in [0.25, 0.3) is 6.08 Å². The van der Waals surface area contributed by atoms with Crippen molar-refractivity contribution in [3.05, 3.63) is 47.8 Å². The summed E-state index contributed by atoms with van der Waals surface area (Å²) in [6.07, 6.45) is 3.07. The molecule has 1 aromatic carbocycles. The van der Waals surface area contributed by atoms with Crippen LogP contribution in [0, 0.1) is 0 Å². The maximum Gasteiger partial charge on any atom is 0.244 e. The second-order valence-corrected chi connectivity index (χ2v) is 5.20. The fourth-order valence-electron chi connectivity index (χ4n) is 1.52. The van der Waals surface area contributed by atoms with Crippen molar-refractivity contribution < 1.29 is 4.79 Å². The molecule has 0 unspecified atom stereocenters. The maximum absolute atomic E-state index is 11.7. The minimum Gasteiger partial charge on any atom is -0.348 e. The molecule has 2 N–H and O–H groups in total. The largest absolute Gasteiger partial charge is 0.348 e. The van der Waals surface area contributed by atoms with Crippen LogP contribution in [0.2, 0.25) is 0 Å². The molecule has 1 amide bonds. The third kappa shape index (κ3) is 4.55. The van der Waals surface area contributed by atoms with Gasteiger partial charge in [-0.2, -0.15) is 0 Å². The number of hydrogen-bond donors (Lipinski definition) is 2. The normalized spacial score (nSPS) is 10.8. The lowest BCUT2D eigenvalue weighted by molar-refractivity contribution is -0.116. The van der Waals surface area contributed by atoms with E-state index in [1.165, 1.54) is 6.08 Å². The lowest BCUT2D eigenvalue weighted by Crippen LogP contribution is -2.20. The predicted molar refractivity (Wildman–Crippen MR) is 80.1 cm³/mol. The van der Waals surface area contributed by atoms with Crippen molar-refractivity contribution in [1.82, 2.24) is 20.5 Å². The van der Waals surface area contributed by atoms with E-state index in [0.29, 0.717) is 17.5 Å². The minimum absolute atomic E-state index is 0.157. The van der Waals surface area contributed by atoms with E-state index in [4.69, 9.17) is 0 Å². The van der Waals surface area contributed by atoms with E-state index in [1.54, 1.807) is 17.8 Å². The van der Waals surface area contributed by atoms with Crippen LogP contribution >= 0.6 is 11.8 Å². The van der Waals surface area contributed by atoms with Gasteiger partial charge >= 0.3 is 0 Å². The molecule has 0 radical (unpaired) electrons. The number of nitrogens with one attached hydrogen (secondary N) is 2. The SMILES string of the molecule is CCSc1n[nH]c(/C=C/C(=O)NCc2ccccc2)n1. The van der Waals surface area contributed by atoms with Gasteiger partial charge in [-0.25, -0.2) is 4.98 Å². The molecule has 0 fully saturated rings. The fraction of sp³-hybridized carbons (Fsp3) is 0.214. The molecule has 0 bridgehead atoms. The average molecular weight is 288 g/mol. The summed E-state index contributed by atoms with van der Waals surface area (Å²) in [6, 6.07) is 9.77. The fourth-order valence-corrected chi connectivity index (χ4v) is 2.06. The molecule has 1 aromatic heterocycles. The van der Waals surface area contributed by atoms with E-state index in [2.05, 4.69) is 20.5 Å². The Kier molecular flexibility index (Phi) is 5.37. The molecule has 2 aromatic rings. The minimum atomic E-state index is -0.157. The summed E-state index contributed by atoms with van der Waals surface area (Å²) in [4.78, 5) is 15.9. The maximum atomic E-state index is 11.7. The van der Waals surface area contributed by atoms with Crippen LogP contribution in [-0.4, -0.2) is 26.8 Å². The number of thioether (sulfide) groups is 1. The van der Waals surface area contributed by atoms with E-state index in [1.807, 2.05) is 37.3 Å². The summed E-state index contributed by atoms with van der Waals surface area (Å²) in [6.45, 7) is 2.55. The van der Waals surface area contributed by atoms with Gasteiger partial charge in [0, 0.05) is 12.6 Å². The highest BCUT2D eigenvalue weighted by Gasteiger charge is 2.00. The van der Waals surface area contributed by atoms with Crippen molar-refractivity contribution in [2.45, 2.75) is 18.6 Å². The molecule has 0 aliphatic carbocycles. The summed E-state index contributed by atoms with van der Waals surface area (Å²) in [5, 5.41) is 10.3. The molecule has 6 heteroatoms. The zero-order valence-electron chi connectivity index (χ0n) is 11.2. The van der Waals surface area contributed by atoms with Crippen LogP contribution in [0.3, 0.4) is 0 Å². The summed E-state index contributed by atoms with van der Waals surface area (Å²) >= 11 is 1.55. The van der Waals surface area contributed by atoms with Gasteiger partial charge in [-0.05, 0) is 17.4 Å². The summed E-state index contributed by atoms with van der Waals surface area (Å²) in [7, 11) is 0. The number of benzene rings is 1. The number of carbonyl (C=O) groups excluding carboxylic acids is 1. The van der Waals surface area contributed by atoms with Gasteiger partial charge in [0.25, 0.3) is 0 Å². The number of rotatable bonds is 6. The van der Waals surface area contributed by atoms with E-state index in [0.717, 1.165) is 11.3 Å². The Balaban J connectivity index is 1.82. The Morgan fingerprint density at radius 3 is 2.95 bits per heavy atom. The van der Waals surface area contributed by atoms with Crippen LogP contribution in [0.5, 0.6) is 0 Å². The number of carbonyl (C=O) groups is 1. The van der Waals surface area contributed by atoms with E-state index < -0.39 is 0 Å². The van der Waals surface area contributed by atoms with E-state index >= 15 is 0 Å². The van der Waals surface area contributed by atoms with Crippen molar-refractivity contribution in [1.29, 1.82) is 0 Å². The van der Waals surface area contributed by atoms with Crippen molar-refractivity contribution in [3.63, 3.8) is 0 Å². The molecule has 0 atom stereocenters. The molecular formula is C14H16N4OS. The van der Waals surface area contributed by atoms with Gasteiger partial charge in [0.1, 0.15) is 5.82 Å². The molecular weight excluding hydrogens is 272 g/mol. The Morgan fingerprint density at radius 2 is 2.20 bits per heavy atom. The first-order valence-electron chi connectivity index (χ1n) is 6.33. The molecule has 20 heavy (non-hydrogen) atoms. The van der Waals surface area contributed by atoms with Crippen molar-refractivity contribution in [2.24, 2.45) is 0 Å². The molecule has 104 valence electrons. The quantitative estimate of drug-likeness (QED) is 0.632. The van der Waals surface area contributed by atoms with E-state index in [9.17, 15) is 4.79 Å². The van der Waals surface area contributed by atoms with Crippen LogP contribution in [0.15, 0.2) is 41.6 Å². The zero-order chi connectivity index (χ0) is 14.2. The van der Waals surface area contributed by atoms with Crippen LogP contribution < -0.4 is 5.32 Å². The lowest BCUT2D eigenvalue weighted by atomic mass is 10.2. The van der Waals surface area contributed by atoms with Crippen molar-refractivity contribution >= 4 is 23.7 Å². The van der Waals surface area contributed by atoms with Gasteiger partial charge in [-0.15, -0.1) is 5.10 Å². The lowest BCUT2D eigenvalue weighted by Gasteiger charge is -2.01. The third-order valence-electron chi connectivity index (χ3n) is 2.46. The monoisotopic (exact) mass is 288 g/mol. The van der Waals surface area contributed by atoms with E-state index in [-0.39, 0.29) is 5.91 Å². The molecule has 0 saturated heterocycles. The molecule has 0 saturated carbocycles. The number of amides is 1. The van der Waals surface area contributed by atoms with Gasteiger partial charge in [0.15, 0.2) is 0 Å². The summed E-state index contributed by atoms with van der Waals surface area (Å²) in [5.41, 5.74) is 1.07. The average Bonchev–Trinajstić information content (AvgIpc) is 2.92. The number of aromatic amines is 1. The number of nitrogens with zero attached hydrogens (tertiary/aromatic N) is 2. The van der Waals surface area contributed by atoms with Crippen LogP contribution in [-0.2, 0) is 11.3 Å². The highest BCUT2D eigenvalue weighted by atomic mass is 32.2. The number of hydrogen-bond acceptors (Lipinski definition) is 4. The molecule has 0 aliphatic heterocycles. The van der Waals surface area contributed by atoms with Gasteiger partial charge < -0.3 is 5.32 Å². The summed E-state index contributed by atoms with van der Waals surface area (Å²) in [5.74, 6) is 1.34. The highest BCUT2D eigenvalue weighted by molar-refractivity contribution is 7.99. The first-order chi connectivity index (χ1) is 9.78. The third-order valence-corrected chi connectivity index (χ3v) is 3.19. The van der Waals surface area contributed by atoms with Crippen molar-refractivity contribution in [2.75, 3.05) is 5.75 Å². The topological polar surface area (TPSA) is 70.7 Å². The molecule has 1 heterocycles. The standard InChI is InChI=1S/C14H16N4OS/c1-2-20-14-16-12(17-18-14)8-9-13(19)15-10-11-6-4-3-5-7-11/h3-9H,2,10H2,1H3,(H,15,19)(H,16,17,18)/b9-8+. The first-order valence-corrected chi connectivity index (χ1v) is 7.31. The molecule has 5 nitrogen and oxygen atoms in total. The Morgan fingerprint density at radius 1 is 1.40 bits per heavy atom. The van der Waals surface area contributed by atoms with Crippen molar-refractivity contribution in [3.8, 4) is 0 Å². The van der Waals surface area contributed by atoms with Crippen LogP contribution in [0.1, 0.15) is 18.3 Å². The smallest absolute Gasteiger partial charge is 0.244 e. The van der Waals surface area contributed by atoms with Gasteiger partial charge in [0.05, 0.1) is 0 Å². The number of aromatic nitrogens is 3. The van der Waals surface area contributed by atoms with Gasteiger partial charge in [-0.3, -0.25) is 9.89 Å². The highest BCUT2D eigenvalue weighted by Crippen LogP contribution is 2.11. The second kappa shape index (κ2) is 7.49. The second-order valence-electron chi connectivity index (χ2n) is 3.97. The number of H-pyrrole nitrogens is 1.